The second-order valence-electron chi connectivity index (χ2n) is 10.0. The van der Waals surface area contributed by atoms with Crippen molar-refractivity contribution in [2.75, 3.05) is 6.54 Å². The number of carbonyl (C=O) groups is 1. The summed E-state index contributed by atoms with van der Waals surface area (Å²) < 4.78 is 0. The zero-order valence-corrected chi connectivity index (χ0v) is 21.7. The third-order valence-corrected chi connectivity index (χ3v) is 7.18. The highest BCUT2D eigenvalue weighted by atomic mass is 16.1. The molecule has 3 aliphatic rings. The summed E-state index contributed by atoms with van der Waals surface area (Å²) in [5.41, 5.74) is 8.33. The van der Waals surface area contributed by atoms with Crippen LogP contribution in [0.4, 0.5) is 0 Å². The highest BCUT2D eigenvalue weighted by molar-refractivity contribution is 6.04. The van der Waals surface area contributed by atoms with Gasteiger partial charge >= 0.3 is 0 Å². The molecular weight excluding hydrogens is 478 g/mol. The topological polar surface area (TPSA) is 172 Å². The van der Waals surface area contributed by atoms with Gasteiger partial charge in [-0.1, -0.05) is 6.42 Å². The van der Waals surface area contributed by atoms with Gasteiger partial charge in [-0.05, 0) is 51.4 Å². The normalized spacial score (nSPS) is 23.4. The summed E-state index contributed by atoms with van der Waals surface area (Å²) in [4.78, 5) is 27.7. The molecule has 4 atom stereocenters. The highest BCUT2D eigenvalue weighted by Crippen LogP contribution is 2.39. The number of hydrogen-bond acceptors (Lipinski definition) is 7. The highest BCUT2D eigenvalue weighted by Gasteiger charge is 2.30. The molecular formula is C28H35N9O. The number of nitrogens with zero attached hydrogens (tertiary/aromatic N) is 6. The maximum Gasteiger partial charge on any atom is 0.255 e. The smallest absolute Gasteiger partial charge is 0.255 e. The molecule has 0 bridgehead atoms. The van der Waals surface area contributed by atoms with E-state index >= 15 is 0 Å². The average Bonchev–Trinajstić information content (AvgIpc) is 3.32. The molecule has 2 heterocycles. The molecule has 2 aromatic rings. The Kier molecular flexibility index (Phi) is 11.0. The summed E-state index contributed by atoms with van der Waals surface area (Å²) in [6.07, 6.45) is 14.0. The van der Waals surface area contributed by atoms with Crippen molar-refractivity contribution in [1.82, 2.24) is 20.3 Å². The first-order chi connectivity index (χ1) is 18.5. The number of nitrogens with two attached hydrogens (primary N) is 1. The zero-order chi connectivity index (χ0) is 27.3. The van der Waals surface area contributed by atoms with Crippen molar-refractivity contribution < 1.29 is 4.79 Å². The summed E-state index contributed by atoms with van der Waals surface area (Å²) in [6, 6.07) is 6.61. The van der Waals surface area contributed by atoms with Gasteiger partial charge in [0.15, 0.2) is 5.65 Å². The SMILES string of the molecule is N#C[C@@H]1CCC[C@@H]1N.N#C[C@@H]1CCC[C@@H]1NC(=O)c1c[nH]c2ncc(C3CC3)nc12.[C-]#[N+]CCCCC#N. The standard InChI is InChI=1S/C16H17N5O.C6H10N2.C6H8N2/c17-6-10-2-1-3-12(10)21-16(22)11-7-18-15-14(11)20-13(8-19-15)9-4-5-9;7-4-5-2-1-3-6(5)8;1-8-6-4-2-3-5-7/h7-10,12H,1-5H2,(H,18,19)(H,21,22);5-6H,1-3,8H2;2-4,6H2/t10-,12-;5-,6-;/m00./s1. The lowest BCUT2D eigenvalue weighted by Crippen LogP contribution is -2.36. The Hall–Kier alpha value is -3.99. The molecule has 10 nitrogen and oxygen atoms in total. The molecule has 2 aromatic heterocycles. The first-order valence-corrected chi connectivity index (χ1v) is 13.4. The number of nitrogens with one attached hydrogen (secondary N) is 2. The first-order valence-electron chi connectivity index (χ1n) is 13.4. The van der Waals surface area contributed by atoms with Gasteiger partial charge in [-0.3, -0.25) is 4.79 Å². The predicted octanol–water partition coefficient (Wildman–Crippen LogP) is 4.49. The second kappa shape index (κ2) is 14.7. The number of hydrogen-bond donors (Lipinski definition) is 3. The second-order valence-corrected chi connectivity index (χ2v) is 10.0. The molecule has 3 fully saturated rings. The van der Waals surface area contributed by atoms with Gasteiger partial charge < -0.3 is 20.9 Å². The van der Waals surface area contributed by atoms with E-state index in [4.69, 9.17) is 28.1 Å². The minimum Gasteiger partial charge on any atom is -0.348 e. The van der Waals surface area contributed by atoms with E-state index < -0.39 is 0 Å². The summed E-state index contributed by atoms with van der Waals surface area (Å²) in [6.45, 7) is 6.95. The third kappa shape index (κ3) is 8.01. The van der Waals surface area contributed by atoms with Crippen LogP contribution < -0.4 is 11.1 Å². The van der Waals surface area contributed by atoms with Crippen LogP contribution in [0, 0.1) is 52.4 Å². The Balaban J connectivity index is 0.000000206. The number of amides is 1. The van der Waals surface area contributed by atoms with E-state index in [9.17, 15) is 4.79 Å². The fraction of sp³-hybridized carbons (Fsp3) is 0.607. The summed E-state index contributed by atoms with van der Waals surface area (Å²) in [5.74, 6) is 0.401. The van der Waals surface area contributed by atoms with Gasteiger partial charge in [0.2, 0.25) is 6.54 Å². The average molecular weight is 514 g/mol. The van der Waals surface area contributed by atoms with Crippen molar-refractivity contribution in [2.45, 2.75) is 88.6 Å². The molecule has 0 aromatic carbocycles. The molecule has 0 unspecified atom stereocenters. The minimum atomic E-state index is -0.166. The van der Waals surface area contributed by atoms with Crippen LogP contribution in [-0.4, -0.2) is 39.5 Å². The monoisotopic (exact) mass is 513 g/mol. The van der Waals surface area contributed by atoms with Crippen molar-refractivity contribution in [2.24, 2.45) is 17.6 Å². The molecule has 10 heteroatoms. The molecule has 3 saturated carbocycles. The third-order valence-electron chi connectivity index (χ3n) is 7.18. The summed E-state index contributed by atoms with van der Waals surface area (Å²) >= 11 is 0. The van der Waals surface area contributed by atoms with E-state index in [-0.39, 0.29) is 29.8 Å². The van der Waals surface area contributed by atoms with Crippen molar-refractivity contribution >= 4 is 17.1 Å². The van der Waals surface area contributed by atoms with Crippen molar-refractivity contribution in [3.8, 4) is 18.2 Å². The molecule has 3 aliphatic carbocycles. The molecule has 38 heavy (non-hydrogen) atoms. The van der Waals surface area contributed by atoms with Gasteiger partial charge in [0.25, 0.3) is 5.91 Å². The lowest BCUT2D eigenvalue weighted by atomic mass is 10.1. The van der Waals surface area contributed by atoms with Gasteiger partial charge in [0.1, 0.15) is 5.52 Å². The van der Waals surface area contributed by atoms with E-state index in [1.807, 2.05) is 6.07 Å². The van der Waals surface area contributed by atoms with Crippen LogP contribution in [0.25, 0.3) is 16.0 Å². The zero-order valence-electron chi connectivity index (χ0n) is 21.7. The van der Waals surface area contributed by atoms with Crippen LogP contribution in [-0.2, 0) is 0 Å². The number of nitriles is 3. The first kappa shape index (κ1) is 28.6. The van der Waals surface area contributed by atoms with Gasteiger partial charge in [-0.25, -0.2) is 16.5 Å². The largest absolute Gasteiger partial charge is 0.348 e. The summed E-state index contributed by atoms with van der Waals surface area (Å²) in [7, 11) is 0. The van der Waals surface area contributed by atoms with Gasteiger partial charge in [0.05, 0.1) is 47.5 Å². The Morgan fingerprint density at radius 2 is 1.84 bits per heavy atom. The van der Waals surface area contributed by atoms with Crippen molar-refractivity contribution in [3.63, 3.8) is 0 Å². The maximum atomic E-state index is 12.5. The van der Waals surface area contributed by atoms with Crippen LogP contribution in [0.5, 0.6) is 0 Å². The molecule has 0 spiro atoms. The number of rotatable bonds is 6. The molecule has 0 aliphatic heterocycles. The van der Waals surface area contributed by atoms with Gasteiger partial charge in [0, 0.05) is 37.0 Å². The molecule has 198 valence electrons. The molecule has 0 saturated heterocycles. The molecule has 5 rings (SSSR count). The minimum absolute atomic E-state index is 0.0537. The lowest BCUT2D eigenvalue weighted by Gasteiger charge is -2.15. The number of H-pyrrole nitrogens is 1. The number of carbonyl (C=O) groups excluding carboxylic acids is 1. The molecule has 1 amide bonds. The molecule has 0 radical (unpaired) electrons. The number of unbranched alkanes of at least 4 members (excludes halogenated alkanes) is 2. The van der Waals surface area contributed by atoms with E-state index in [2.05, 4.69) is 37.3 Å². The lowest BCUT2D eigenvalue weighted by molar-refractivity contribution is 0.0934. The Morgan fingerprint density at radius 1 is 1.11 bits per heavy atom. The summed E-state index contributed by atoms with van der Waals surface area (Å²) in [5, 5.41) is 28.6. The van der Waals surface area contributed by atoms with Crippen LogP contribution in [0.2, 0.25) is 0 Å². The fourth-order valence-corrected chi connectivity index (χ4v) is 4.73. The van der Waals surface area contributed by atoms with E-state index in [0.29, 0.717) is 35.6 Å². The fourth-order valence-electron chi connectivity index (χ4n) is 4.73. The van der Waals surface area contributed by atoms with Crippen LogP contribution in [0.1, 0.15) is 92.6 Å². The molecule has 4 N–H and O–H groups in total. The van der Waals surface area contributed by atoms with Crippen LogP contribution in [0.3, 0.4) is 0 Å². The van der Waals surface area contributed by atoms with E-state index in [1.165, 1.54) is 0 Å². The Bertz CT molecular complexity index is 1220. The Labute approximate surface area is 224 Å². The maximum absolute atomic E-state index is 12.5. The number of fused-ring (bicyclic) bond motifs is 1. The van der Waals surface area contributed by atoms with E-state index in [0.717, 1.165) is 69.9 Å². The number of aromatic nitrogens is 3. The van der Waals surface area contributed by atoms with Crippen molar-refractivity contribution in [1.29, 1.82) is 15.8 Å². The van der Waals surface area contributed by atoms with E-state index in [1.54, 1.807) is 12.4 Å². The number of aromatic amines is 1. The van der Waals surface area contributed by atoms with Crippen molar-refractivity contribution in [3.05, 3.63) is 35.1 Å². The predicted molar refractivity (Wildman–Crippen MR) is 142 cm³/mol. The quantitative estimate of drug-likeness (QED) is 0.377. The van der Waals surface area contributed by atoms with Crippen LogP contribution in [0.15, 0.2) is 12.4 Å². The van der Waals surface area contributed by atoms with Crippen LogP contribution >= 0.6 is 0 Å². The van der Waals surface area contributed by atoms with Gasteiger partial charge in [-0.15, -0.1) is 0 Å². The Morgan fingerprint density at radius 3 is 2.45 bits per heavy atom. The van der Waals surface area contributed by atoms with Gasteiger partial charge in [-0.2, -0.15) is 15.8 Å².